The normalized spacial score (nSPS) is 10.9. The van der Waals surface area contributed by atoms with Gasteiger partial charge in [-0.15, -0.1) is 10.2 Å². The molecule has 0 fully saturated rings. The van der Waals surface area contributed by atoms with Gasteiger partial charge in [0.05, 0.1) is 5.69 Å². The van der Waals surface area contributed by atoms with E-state index in [9.17, 15) is 13.6 Å². The highest BCUT2D eigenvalue weighted by atomic mass is 32.1. The lowest BCUT2D eigenvalue weighted by molar-refractivity contribution is 0.101. The second kappa shape index (κ2) is 6.13. The number of nitrogens with zero attached hydrogens (tertiary/aromatic N) is 2. The number of amides is 1. The third-order valence-electron chi connectivity index (χ3n) is 2.62. The van der Waals surface area contributed by atoms with Crippen molar-refractivity contribution in [3.05, 3.63) is 34.3 Å². The zero-order valence-corrected chi connectivity index (χ0v) is 12.3. The number of hydrogen-bond donors (Lipinski definition) is 2. The minimum Gasteiger partial charge on any atom is -0.396 e. The largest absolute Gasteiger partial charge is 0.396 e. The van der Waals surface area contributed by atoms with Crippen LogP contribution in [0.25, 0.3) is 0 Å². The molecule has 0 saturated heterocycles. The molecule has 0 saturated carbocycles. The van der Waals surface area contributed by atoms with Gasteiger partial charge in [0.1, 0.15) is 16.4 Å². The number of rotatable bonds is 4. The Morgan fingerprint density at radius 1 is 1.38 bits per heavy atom. The van der Waals surface area contributed by atoms with Crippen molar-refractivity contribution < 1.29 is 13.6 Å². The Bertz CT molecular complexity index is 672. The topological polar surface area (TPSA) is 80.9 Å². The van der Waals surface area contributed by atoms with Gasteiger partial charge >= 0.3 is 0 Å². The van der Waals surface area contributed by atoms with Gasteiger partial charge in [0.2, 0.25) is 5.13 Å². The van der Waals surface area contributed by atoms with Crippen LogP contribution in [-0.2, 0) is 6.42 Å². The van der Waals surface area contributed by atoms with Gasteiger partial charge in [-0.25, -0.2) is 8.78 Å². The summed E-state index contributed by atoms with van der Waals surface area (Å²) in [6, 6.07) is 2.00. The van der Waals surface area contributed by atoms with Crippen LogP contribution in [0.4, 0.5) is 19.6 Å². The average Bonchev–Trinajstić information content (AvgIpc) is 2.80. The van der Waals surface area contributed by atoms with E-state index in [1.54, 1.807) is 0 Å². The molecule has 112 valence electrons. The average molecular weight is 312 g/mol. The van der Waals surface area contributed by atoms with Gasteiger partial charge in [0.25, 0.3) is 5.91 Å². The Morgan fingerprint density at radius 3 is 2.76 bits per heavy atom. The van der Waals surface area contributed by atoms with Gasteiger partial charge < -0.3 is 5.73 Å². The zero-order valence-electron chi connectivity index (χ0n) is 11.5. The Labute approximate surface area is 124 Å². The fourth-order valence-electron chi connectivity index (χ4n) is 1.67. The number of nitrogens with two attached hydrogens (primary N) is 1. The second-order valence-electron chi connectivity index (χ2n) is 4.88. The van der Waals surface area contributed by atoms with Crippen LogP contribution >= 0.6 is 11.3 Å². The van der Waals surface area contributed by atoms with Gasteiger partial charge in [0, 0.05) is 6.42 Å². The summed E-state index contributed by atoms with van der Waals surface area (Å²) in [5, 5.41) is 11.0. The van der Waals surface area contributed by atoms with Crippen molar-refractivity contribution in [2.24, 2.45) is 5.92 Å². The maximum Gasteiger partial charge on any atom is 0.263 e. The number of benzene rings is 1. The number of hydrogen-bond acceptors (Lipinski definition) is 5. The van der Waals surface area contributed by atoms with E-state index < -0.39 is 23.1 Å². The number of nitrogen functional groups attached to an aromatic ring is 1. The summed E-state index contributed by atoms with van der Waals surface area (Å²) in [7, 11) is 0. The van der Waals surface area contributed by atoms with E-state index in [1.807, 2.05) is 13.8 Å². The van der Waals surface area contributed by atoms with Crippen molar-refractivity contribution in [1.29, 1.82) is 0 Å². The second-order valence-corrected chi connectivity index (χ2v) is 5.94. The number of aromatic nitrogens is 2. The fourth-order valence-corrected chi connectivity index (χ4v) is 2.62. The van der Waals surface area contributed by atoms with E-state index in [4.69, 9.17) is 5.73 Å². The van der Waals surface area contributed by atoms with Gasteiger partial charge in [-0.3, -0.25) is 10.1 Å². The Morgan fingerprint density at radius 2 is 2.10 bits per heavy atom. The summed E-state index contributed by atoms with van der Waals surface area (Å²) in [6.07, 6.45) is 0.717. The van der Waals surface area contributed by atoms with Gasteiger partial charge in [0.15, 0.2) is 5.82 Å². The molecule has 1 heterocycles. The van der Waals surface area contributed by atoms with Crippen molar-refractivity contribution in [2.75, 3.05) is 11.1 Å². The van der Waals surface area contributed by atoms with Crippen molar-refractivity contribution in [2.45, 2.75) is 20.3 Å². The minimum atomic E-state index is -1.08. The first-order chi connectivity index (χ1) is 9.88. The molecule has 0 radical (unpaired) electrons. The van der Waals surface area contributed by atoms with E-state index in [0.717, 1.165) is 17.1 Å². The van der Waals surface area contributed by atoms with Crippen molar-refractivity contribution in [3.8, 4) is 0 Å². The molecule has 0 unspecified atom stereocenters. The maximum atomic E-state index is 13.7. The maximum absolute atomic E-state index is 13.7. The van der Waals surface area contributed by atoms with E-state index in [0.29, 0.717) is 12.3 Å². The molecule has 1 aromatic carbocycles. The molecule has 0 bridgehead atoms. The molecule has 0 aliphatic carbocycles. The summed E-state index contributed by atoms with van der Waals surface area (Å²) >= 11 is 1.17. The van der Waals surface area contributed by atoms with Crippen LogP contribution in [0.3, 0.4) is 0 Å². The first-order valence-corrected chi connectivity index (χ1v) is 7.07. The third kappa shape index (κ3) is 3.52. The van der Waals surface area contributed by atoms with Crippen LogP contribution in [0, 0.1) is 17.6 Å². The molecule has 0 spiro atoms. The zero-order chi connectivity index (χ0) is 15.6. The number of halogens is 2. The van der Waals surface area contributed by atoms with Crippen LogP contribution in [0.1, 0.15) is 29.2 Å². The lowest BCUT2D eigenvalue weighted by Crippen LogP contribution is -2.16. The molecule has 8 heteroatoms. The molecule has 0 aliphatic rings. The minimum absolute atomic E-state index is 0.192. The molecule has 1 aromatic heterocycles. The van der Waals surface area contributed by atoms with Crippen LogP contribution in [0.15, 0.2) is 12.1 Å². The van der Waals surface area contributed by atoms with Gasteiger partial charge in [-0.05, 0) is 18.1 Å². The van der Waals surface area contributed by atoms with Crippen molar-refractivity contribution in [3.63, 3.8) is 0 Å². The Kier molecular flexibility index (Phi) is 4.46. The summed E-state index contributed by atoms with van der Waals surface area (Å²) in [5.41, 5.74) is 4.31. The number of carbonyl (C=O) groups excluding carboxylic acids is 1. The predicted octanol–water partition coefficient (Wildman–Crippen LogP) is 2.85. The van der Waals surface area contributed by atoms with Crippen LogP contribution in [-0.4, -0.2) is 16.1 Å². The predicted molar refractivity (Wildman–Crippen MR) is 77.2 cm³/mol. The van der Waals surface area contributed by atoms with E-state index >= 15 is 0 Å². The molecule has 0 atom stereocenters. The van der Waals surface area contributed by atoms with E-state index in [2.05, 4.69) is 15.5 Å². The first kappa shape index (κ1) is 15.3. The van der Waals surface area contributed by atoms with Crippen LogP contribution in [0.5, 0.6) is 0 Å². The van der Waals surface area contributed by atoms with Crippen LogP contribution in [0.2, 0.25) is 0 Å². The highest BCUT2D eigenvalue weighted by Crippen LogP contribution is 2.22. The Hall–Kier alpha value is -2.09. The summed E-state index contributed by atoms with van der Waals surface area (Å²) in [6.45, 7) is 4.05. The molecule has 3 N–H and O–H groups in total. The molecule has 1 amide bonds. The monoisotopic (exact) mass is 312 g/mol. The summed E-state index contributed by atoms with van der Waals surface area (Å²) < 4.78 is 27.3. The number of carbonyl (C=O) groups is 1. The van der Waals surface area contributed by atoms with E-state index in [1.165, 1.54) is 11.3 Å². The molecule has 2 rings (SSSR count). The summed E-state index contributed by atoms with van der Waals surface area (Å²) in [5.74, 6) is -2.61. The van der Waals surface area contributed by atoms with Crippen molar-refractivity contribution in [1.82, 2.24) is 10.2 Å². The quantitative estimate of drug-likeness (QED) is 0.851. The smallest absolute Gasteiger partial charge is 0.263 e. The standard InChI is InChI=1S/C13H14F2N4OS/c1-6(2)5-9-18-19-13(21-9)17-12(20)10-7(14)3-4-8(16)11(10)15/h3-4,6H,5,16H2,1-2H3,(H,17,19,20). The fraction of sp³-hybridized carbons (Fsp3) is 0.308. The third-order valence-corrected chi connectivity index (χ3v) is 3.48. The molecule has 2 aromatic rings. The van der Waals surface area contributed by atoms with E-state index in [-0.39, 0.29) is 10.8 Å². The number of anilines is 2. The summed E-state index contributed by atoms with van der Waals surface area (Å²) in [4.78, 5) is 11.9. The SMILES string of the molecule is CC(C)Cc1nnc(NC(=O)c2c(F)ccc(N)c2F)s1. The molecular formula is C13H14F2N4OS. The molecule has 5 nitrogen and oxygen atoms in total. The molecule has 0 aliphatic heterocycles. The van der Waals surface area contributed by atoms with Gasteiger partial charge in [-0.1, -0.05) is 25.2 Å². The number of nitrogens with one attached hydrogen (secondary N) is 1. The van der Waals surface area contributed by atoms with Crippen LogP contribution < -0.4 is 11.1 Å². The van der Waals surface area contributed by atoms with Crippen molar-refractivity contribution >= 4 is 28.1 Å². The van der Waals surface area contributed by atoms with Gasteiger partial charge in [-0.2, -0.15) is 0 Å². The molecule has 21 heavy (non-hydrogen) atoms. The Balaban J connectivity index is 2.19. The molecular weight excluding hydrogens is 298 g/mol. The lowest BCUT2D eigenvalue weighted by atomic mass is 10.1. The highest BCUT2D eigenvalue weighted by molar-refractivity contribution is 7.15. The highest BCUT2D eigenvalue weighted by Gasteiger charge is 2.21. The lowest BCUT2D eigenvalue weighted by Gasteiger charge is -2.06. The first-order valence-electron chi connectivity index (χ1n) is 6.25.